The minimum atomic E-state index is -4.84. The Morgan fingerprint density at radius 2 is 1.81 bits per heavy atom. The molecule has 3 aromatic carbocycles. The van der Waals surface area contributed by atoms with Gasteiger partial charge in [0.05, 0.1) is 22.5 Å². The van der Waals surface area contributed by atoms with Crippen LogP contribution in [0.3, 0.4) is 0 Å². The number of rotatable bonds is 12. The number of nitrogens with two attached hydrogens (primary N) is 1. The number of alkyl halides is 3. The molecule has 0 bridgehead atoms. The fourth-order valence-corrected chi connectivity index (χ4v) is 6.48. The quantitative estimate of drug-likeness (QED) is 0.0926. The molecule has 17 heteroatoms. The Hall–Kier alpha value is -5.84. The van der Waals surface area contributed by atoms with Crippen molar-refractivity contribution in [3.63, 3.8) is 0 Å². The largest absolute Gasteiger partial charge is 0.480 e. The van der Waals surface area contributed by atoms with Crippen molar-refractivity contribution in [3.8, 4) is 28.4 Å². The van der Waals surface area contributed by atoms with E-state index in [-0.39, 0.29) is 39.9 Å². The second kappa shape index (κ2) is 15.4. The molecule has 0 saturated heterocycles. The monoisotopic (exact) mass is 764 g/mol. The maximum absolute atomic E-state index is 14.7. The van der Waals surface area contributed by atoms with Gasteiger partial charge in [-0.25, -0.2) is 19.4 Å². The number of carboxylic acids is 1. The maximum atomic E-state index is 14.7. The van der Waals surface area contributed by atoms with Crippen LogP contribution in [0.25, 0.3) is 27.0 Å². The van der Waals surface area contributed by atoms with Gasteiger partial charge < -0.3 is 25.6 Å². The first-order chi connectivity index (χ1) is 25.3. The van der Waals surface area contributed by atoms with Crippen molar-refractivity contribution in [1.29, 1.82) is 0 Å². The number of aryl methyl sites for hydroxylation is 1. The number of amides is 1. The van der Waals surface area contributed by atoms with Gasteiger partial charge in [-0.15, -0.1) is 11.3 Å². The molecular formula is C36H28ClF3N6O6S. The summed E-state index contributed by atoms with van der Waals surface area (Å²) < 4.78 is 56.6. The number of nitrogens with one attached hydrogen (secondary N) is 1. The van der Waals surface area contributed by atoms with E-state index in [1.54, 1.807) is 48.7 Å². The Morgan fingerprint density at radius 3 is 2.51 bits per heavy atom. The van der Waals surface area contributed by atoms with Crippen LogP contribution in [0.4, 0.5) is 13.2 Å². The Kier molecular flexibility index (Phi) is 10.7. The lowest BCUT2D eigenvalue weighted by Crippen LogP contribution is -2.37. The third kappa shape index (κ3) is 8.46. The van der Waals surface area contributed by atoms with E-state index in [1.165, 1.54) is 47.3 Å². The molecule has 0 aliphatic carbocycles. The van der Waals surface area contributed by atoms with Gasteiger partial charge in [0, 0.05) is 27.7 Å². The molecule has 53 heavy (non-hydrogen) atoms. The van der Waals surface area contributed by atoms with Crippen molar-refractivity contribution in [3.05, 3.63) is 118 Å². The number of benzene rings is 3. The highest BCUT2D eigenvalue weighted by atomic mass is 35.5. The highest BCUT2D eigenvalue weighted by molar-refractivity contribution is 7.18. The van der Waals surface area contributed by atoms with Gasteiger partial charge in [-0.05, 0) is 54.8 Å². The summed E-state index contributed by atoms with van der Waals surface area (Å²) in [5, 5.41) is 17.3. The van der Waals surface area contributed by atoms with Crippen LogP contribution in [-0.4, -0.2) is 61.5 Å². The summed E-state index contributed by atoms with van der Waals surface area (Å²) in [4.78, 5) is 44.5. The first-order valence-electron chi connectivity index (χ1n) is 15.7. The predicted molar refractivity (Wildman–Crippen MR) is 189 cm³/mol. The number of thiophene rings is 1. The Labute approximate surface area is 308 Å². The molecule has 0 saturated carbocycles. The van der Waals surface area contributed by atoms with Crippen LogP contribution in [0, 0.1) is 6.92 Å². The van der Waals surface area contributed by atoms with Gasteiger partial charge in [0.2, 0.25) is 12.0 Å². The van der Waals surface area contributed by atoms with Crippen LogP contribution in [0.15, 0.2) is 90.7 Å². The Balaban J connectivity index is 1.19. The molecule has 6 rings (SSSR count). The van der Waals surface area contributed by atoms with Crippen LogP contribution < -0.4 is 20.5 Å². The molecule has 0 spiro atoms. The number of fused-ring (bicyclic) bond motifs is 1. The molecule has 6 aromatic rings. The number of aromatic nitrogens is 4. The number of hydrogen-bond acceptors (Lipinski definition) is 10. The van der Waals surface area contributed by atoms with Crippen LogP contribution in [0.1, 0.15) is 33.3 Å². The van der Waals surface area contributed by atoms with Crippen molar-refractivity contribution in [1.82, 2.24) is 25.1 Å². The zero-order valence-electron chi connectivity index (χ0n) is 27.5. The molecule has 4 N–H and O–H groups in total. The number of carbonyl (C=O) groups excluding carboxylic acids is 2. The van der Waals surface area contributed by atoms with Gasteiger partial charge >= 0.3 is 18.1 Å². The normalized spacial score (nSPS) is 12.6. The number of aliphatic carboxylic acids is 1. The minimum Gasteiger partial charge on any atom is -0.480 e. The number of hydrogen-bond donors (Lipinski definition) is 3. The number of carbonyl (C=O) groups is 3. The Bertz CT molecular complexity index is 2310. The lowest BCUT2D eigenvalue weighted by molar-refractivity contribution is -0.198. The van der Waals surface area contributed by atoms with Gasteiger partial charge in [0.1, 0.15) is 29.4 Å². The summed E-state index contributed by atoms with van der Waals surface area (Å²) in [6.45, 7) is 1.10. The molecule has 0 unspecified atom stereocenters. The van der Waals surface area contributed by atoms with Gasteiger partial charge in [0.25, 0.3) is 5.91 Å². The summed E-state index contributed by atoms with van der Waals surface area (Å²) in [5.41, 5.74) is 8.94. The molecule has 0 radical (unpaired) electrons. The summed E-state index contributed by atoms with van der Waals surface area (Å²) in [5.74, 6) is -3.12. The van der Waals surface area contributed by atoms with Crippen molar-refractivity contribution >= 4 is 51.0 Å². The number of carboxylic acid groups (broad SMARTS) is 1. The van der Waals surface area contributed by atoms with Crippen LogP contribution in [0.5, 0.6) is 11.6 Å². The average molecular weight is 765 g/mol. The minimum absolute atomic E-state index is 0.0352. The van der Waals surface area contributed by atoms with Crippen LogP contribution in [0.2, 0.25) is 5.02 Å². The van der Waals surface area contributed by atoms with Gasteiger partial charge in [-0.1, -0.05) is 54.1 Å². The topological polar surface area (TPSA) is 172 Å². The van der Waals surface area contributed by atoms with Crippen molar-refractivity contribution < 1.29 is 42.1 Å². The zero-order chi connectivity index (χ0) is 37.9. The smallest absolute Gasteiger partial charge is 0.429 e. The average Bonchev–Trinajstić information content (AvgIpc) is 3.76. The van der Waals surface area contributed by atoms with Gasteiger partial charge in [-0.3, -0.25) is 9.59 Å². The first-order valence-corrected chi connectivity index (χ1v) is 17.0. The van der Waals surface area contributed by atoms with Gasteiger partial charge in [0.15, 0.2) is 0 Å². The molecule has 2 atom stereocenters. The lowest BCUT2D eigenvalue weighted by Gasteiger charge is -2.24. The summed E-state index contributed by atoms with van der Waals surface area (Å²) in [7, 11) is 0. The maximum Gasteiger partial charge on any atom is 0.429 e. The number of para-hydroxylation sites is 1. The van der Waals surface area contributed by atoms with E-state index in [4.69, 9.17) is 31.9 Å². The van der Waals surface area contributed by atoms with E-state index in [9.17, 15) is 27.6 Å². The van der Waals surface area contributed by atoms with Crippen molar-refractivity contribution in [2.75, 3.05) is 6.54 Å². The third-order valence-corrected chi connectivity index (χ3v) is 9.05. The first kappa shape index (κ1) is 36.9. The molecular weight excluding hydrogens is 737 g/mol. The molecule has 3 heterocycles. The molecule has 3 aromatic heterocycles. The highest BCUT2D eigenvalue weighted by Crippen LogP contribution is 2.43. The van der Waals surface area contributed by atoms with Gasteiger partial charge in [-0.2, -0.15) is 18.3 Å². The number of ether oxygens (including phenoxy) is 2. The summed E-state index contributed by atoms with van der Waals surface area (Å²) in [6, 6.07) is 17.3. The lowest BCUT2D eigenvalue weighted by atomic mass is 10.0. The fourth-order valence-electron chi connectivity index (χ4n) is 5.36. The molecule has 0 aliphatic heterocycles. The number of esters is 1. The highest BCUT2D eigenvalue weighted by Gasteiger charge is 2.45. The standard InChI is InChI=1S/C36H28ClF3N6O6S/c1-19-12-13-46(45-19)27-15-22(37)10-11-23(27)32(36(38,39)40)52-34-31-30(43-18-44-34)25(17-53-31)21-8-6-20(7-9-21)14-26(41)35(50)51-28-5-3-2-4-24(28)33(49)42-16-29(47)48/h2-13,15,17-18,26,32H,14,16,41H2,1H3,(H,42,49)(H,47,48)/t26-,32+/m0/s1. The molecule has 272 valence electrons. The fraction of sp³-hybridized carbons (Fsp3) is 0.167. The van der Waals surface area contributed by atoms with Crippen molar-refractivity contribution in [2.45, 2.75) is 31.7 Å². The van der Waals surface area contributed by atoms with E-state index in [2.05, 4.69) is 20.4 Å². The van der Waals surface area contributed by atoms with Crippen molar-refractivity contribution in [2.24, 2.45) is 5.73 Å². The zero-order valence-corrected chi connectivity index (χ0v) is 29.1. The second-order valence-electron chi connectivity index (χ2n) is 11.7. The van der Waals surface area contributed by atoms with E-state index < -0.39 is 42.7 Å². The van der Waals surface area contributed by atoms with Crippen LogP contribution in [-0.2, 0) is 16.0 Å². The number of nitrogens with zero attached hydrogens (tertiary/aromatic N) is 4. The molecule has 0 aliphatic rings. The predicted octanol–water partition coefficient (Wildman–Crippen LogP) is 6.48. The van der Waals surface area contributed by atoms with E-state index in [0.717, 1.165) is 17.7 Å². The van der Waals surface area contributed by atoms with E-state index in [1.807, 2.05) is 0 Å². The molecule has 0 fully saturated rings. The number of halogens is 4. The summed E-state index contributed by atoms with van der Waals surface area (Å²) in [6.07, 6.45) is -4.52. The Morgan fingerprint density at radius 1 is 1.06 bits per heavy atom. The molecule has 12 nitrogen and oxygen atoms in total. The van der Waals surface area contributed by atoms with Crippen LogP contribution >= 0.6 is 22.9 Å². The molecule has 1 amide bonds. The third-order valence-electron chi connectivity index (χ3n) is 7.86. The second-order valence-corrected chi connectivity index (χ2v) is 13.0. The van der Waals surface area contributed by atoms with E-state index >= 15 is 0 Å². The van der Waals surface area contributed by atoms with E-state index in [0.29, 0.717) is 32.6 Å². The summed E-state index contributed by atoms with van der Waals surface area (Å²) >= 11 is 7.29. The SMILES string of the molecule is Cc1ccn(-c2cc(Cl)ccc2[C@@H](Oc2ncnc3c(-c4ccc(C[C@H](N)C(=O)Oc5ccccc5C(=O)NCC(=O)O)cc4)csc23)C(F)(F)F)n1.